The molecule has 5 heteroatoms. The van der Waals surface area contributed by atoms with Crippen molar-refractivity contribution in [2.75, 3.05) is 0 Å². The lowest BCUT2D eigenvalue weighted by Crippen LogP contribution is -2.41. The fourth-order valence-electron chi connectivity index (χ4n) is 2.65. The average molecular weight is 337 g/mol. The van der Waals surface area contributed by atoms with Gasteiger partial charge in [0.2, 0.25) is 0 Å². The number of hydrogen-bond donors (Lipinski definition) is 1. The summed E-state index contributed by atoms with van der Waals surface area (Å²) in [6, 6.07) is 17.2. The lowest BCUT2D eigenvalue weighted by atomic mass is 9.79. The highest BCUT2D eigenvalue weighted by Gasteiger charge is 2.51. The van der Waals surface area contributed by atoms with Crippen LogP contribution in [0, 0.1) is 0 Å². The van der Waals surface area contributed by atoms with E-state index in [2.05, 4.69) is 5.32 Å². The third kappa shape index (κ3) is 3.78. The van der Waals surface area contributed by atoms with Gasteiger partial charge in [0.15, 0.2) is 0 Å². The summed E-state index contributed by atoms with van der Waals surface area (Å²) in [5.41, 5.74) is 1.98. The van der Waals surface area contributed by atoms with Crippen LogP contribution in [0.4, 0.5) is 0 Å². The molecule has 1 fully saturated rings. The Morgan fingerprint density at radius 3 is 2.04 bits per heavy atom. The number of carbonyl (C=O) groups excluding carboxylic acids is 1. The SMILES string of the molecule is CC1(C)OB(c2ccc(CNC(=O)c3ccccc3)cc2)OC1(C)C. The van der Waals surface area contributed by atoms with Gasteiger partial charge in [0.05, 0.1) is 11.2 Å². The molecule has 3 rings (SSSR count). The van der Waals surface area contributed by atoms with Crippen molar-refractivity contribution in [1.82, 2.24) is 5.32 Å². The van der Waals surface area contributed by atoms with Crippen LogP contribution < -0.4 is 10.8 Å². The molecule has 0 unspecified atom stereocenters. The molecule has 1 saturated heterocycles. The van der Waals surface area contributed by atoms with E-state index in [1.807, 2.05) is 70.2 Å². The van der Waals surface area contributed by atoms with Gasteiger partial charge in [-0.05, 0) is 50.9 Å². The van der Waals surface area contributed by atoms with Crippen molar-refractivity contribution < 1.29 is 14.1 Å². The van der Waals surface area contributed by atoms with Crippen LogP contribution >= 0.6 is 0 Å². The maximum absolute atomic E-state index is 12.1. The molecule has 0 spiro atoms. The summed E-state index contributed by atoms with van der Waals surface area (Å²) < 4.78 is 12.1. The molecule has 1 N–H and O–H groups in total. The summed E-state index contributed by atoms with van der Waals surface area (Å²) in [6.07, 6.45) is 0. The number of hydrogen-bond acceptors (Lipinski definition) is 3. The maximum Gasteiger partial charge on any atom is 0.494 e. The Balaban J connectivity index is 1.61. The van der Waals surface area contributed by atoms with Gasteiger partial charge in [-0.15, -0.1) is 0 Å². The molecule has 4 nitrogen and oxygen atoms in total. The molecule has 1 aliphatic rings. The summed E-state index contributed by atoms with van der Waals surface area (Å²) in [4.78, 5) is 12.1. The molecule has 0 radical (unpaired) electrons. The lowest BCUT2D eigenvalue weighted by Gasteiger charge is -2.32. The molecule has 130 valence electrons. The third-order valence-electron chi connectivity index (χ3n) is 4.99. The normalized spacial score (nSPS) is 18.2. The van der Waals surface area contributed by atoms with Crippen molar-refractivity contribution in [2.24, 2.45) is 0 Å². The number of benzene rings is 2. The zero-order chi connectivity index (χ0) is 18.1. The van der Waals surface area contributed by atoms with E-state index in [0.29, 0.717) is 12.1 Å². The highest BCUT2D eigenvalue weighted by atomic mass is 16.7. The van der Waals surface area contributed by atoms with Gasteiger partial charge >= 0.3 is 7.12 Å². The molecule has 0 saturated carbocycles. The van der Waals surface area contributed by atoms with Gasteiger partial charge in [-0.25, -0.2) is 0 Å². The van der Waals surface area contributed by atoms with Crippen molar-refractivity contribution in [2.45, 2.75) is 45.4 Å². The molecule has 25 heavy (non-hydrogen) atoms. The first-order chi connectivity index (χ1) is 11.8. The van der Waals surface area contributed by atoms with Gasteiger partial charge in [-0.3, -0.25) is 4.79 Å². The van der Waals surface area contributed by atoms with E-state index >= 15 is 0 Å². The molecule has 2 aromatic carbocycles. The molecule has 1 heterocycles. The molecular formula is C20H24BNO3. The van der Waals surface area contributed by atoms with E-state index in [-0.39, 0.29) is 24.2 Å². The highest BCUT2D eigenvalue weighted by Crippen LogP contribution is 2.36. The number of amides is 1. The second kappa shape index (κ2) is 6.66. The minimum absolute atomic E-state index is 0.0735. The van der Waals surface area contributed by atoms with E-state index in [0.717, 1.165) is 11.0 Å². The van der Waals surface area contributed by atoms with E-state index in [1.165, 1.54) is 0 Å². The maximum atomic E-state index is 12.1. The van der Waals surface area contributed by atoms with Gasteiger partial charge in [-0.1, -0.05) is 42.5 Å². The van der Waals surface area contributed by atoms with E-state index < -0.39 is 0 Å². The first kappa shape index (κ1) is 17.7. The minimum atomic E-state index is -0.363. The van der Waals surface area contributed by atoms with Gasteiger partial charge in [0.1, 0.15) is 0 Å². The van der Waals surface area contributed by atoms with Crippen LogP contribution in [0.2, 0.25) is 0 Å². The summed E-state index contributed by atoms with van der Waals surface area (Å²) in [5.74, 6) is -0.0735. The van der Waals surface area contributed by atoms with Gasteiger partial charge < -0.3 is 14.6 Å². The summed E-state index contributed by atoms with van der Waals surface area (Å²) >= 11 is 0. The van der Waals surface area contributed by atoms with Crippen LogP contribution in [0.25, 0.3) is 0 Å². The third-order valence-corrected chi connectivity index (χ3v) is 4.99. The fraction of sp³-hybridized carbons (Fsp3) is 0.350. The molecule has 0 aromatic heterocycles. The average Bonchev–Trinajstić information content (AvgIpc) is 2.82. The first-order valence-corrected chi connectivity index (χ1v) is 8.56. The topological polar surface area (TPSA) is 47.6 Å². The van der Waals surface area contributed by atoms with Crippen molar-refractivity contribution >= 4 is 18.5 Å². The van der Waals surface area contributed by atoms with Crippen molar-refractivity contribution in [3.63, 3.8) is 0 Å². The standard InChI is InChI=1S/C20H24BNO3/c1-19(2)20(3,4)25-21(24-19)17-12-10-15(11-13-17)14-22-18(23)16-8-6-5-7-9-16/h5-13H,14H2,1-4H3,(H,22,23). The second-order valence-electron chi connectivity index (χ2n) is 7.38. The molecule has 2 aromatic rings. The molecule has 0 atom stereocenters. The van der Waals surface area contributed by atoms with Crippen LogP contribution in [-0.4, -0.2) is 24.2 Å². The lowest BCUT2D eigenvalue weighted by molar-refractivity contribution is 0.00578. The monoisotopic (exact) mass is 337 g/mol. The van der Waals surface area contributed by atoms with E-state index in [1.54, 1.807) is 12.1 Å². The van der Waals surface area contributed by atoms with E-state index in [4.69, 9.17) is 9.31 Å². The van der Waals surface area contributed by atoms with Crippen LogP contribution in [0.15, 0.2) is 54.6 Å². The van der Waals surface area contributed by atoms with Gasteiger partial charge in [0.25, 0.3) is 5.91 Å². The van der Waals surface area contributed by atoms with Gasteiger partial charge in [-0.2, -0.15) is 0 Å². The van der Waals surface area contributed by atoms with Crippen LogP contribution in [0.5, 0.6) is 0 Å². The minimum Gasteiger partial charge on any atom is -0.399 e. The summed E-state index contributed by atoms with van der Waals surface area (Å²) in [7, 11) is -0.363. The smallest absolute Gasteiger partial charge is 0.399 e. The Kier molecular flexibility index (Phi) is 4.72. The van der Waals surface area contributed by atoms with Crippen LogP contribution in [0.1, 0.15) is 43.6 Å². The summed E-state index contributed by atoms with van der Waals surface area (Å²) in [6.45, 7) is 8.65. The molecule has 1 aliphatic heterocycles. The fourth-order valence-corrected chi connectivity index (χ4v) is 2.65. The largest absolute Gasteiger partial charge is 0.494 e. The molecule has 1 amide bonds. The Hall–Kier alpha value is -2.11. The molecule has 0 bridgehead atoms. The van der Waals surface area contributed by atoms with Crippen LogP contribution in [-0.2, 0) is 15.9 Å². The zero-order valence-corrected chi connectivity index (χ0v) is 15.2. The number of nitrogens with one attached hydrogen (secondary N) is 1. The zero-order valence-electron chi connectivity index (χ0n) is 15.2. The Bertz CT molecular complexity index is 725. The summed E-state index contributed by atoms with van der Waals surface area (Å²) in [5, 5.41) is 2.93. The highest BCUT2D eigenvalue weighted by molar-refractivity contribution is 6.62. The Morgan fingerprint density at radius 1 is 0.920 bits per heavy atom. The van der Waals surface area contributed by atoms with Crippen molar-refractivity contribution in [3.8, 4) is 0 Å². The molecular weight excluding hydrogens is 313 g/mol. The van der Waals surface area contributed by atoms with Crippen molar-refractivity contribution in [1.29, 1.82) is 0 Å². The number of rotatable bonds is 4. The first-order valence-electron chi connectivity index (χ1n) is 8.56. The van der Waals surface area contributed by atoms with Gasteiger partial charge in [0, 0.05) is 12.1 Å². The van der Waals surface area contributed by atoms with Crippen LogP contribution in [0.3, 0.4) is 0 Å². The van der Waals surface area contributed by atoms with E-state index in [9.17, 15) is 4.79 Å². The van der Waals surface area contributed by atoms with Crippen molar-refractivity contribution in [3.05, 3.63) is 65.7 Å². The number of carbonyl (C=O) groups is 1. The Labute approximate surface area is 149 Å². The Morgan fingerprint density at radius 2 is 1.48 bits per heavy atom. The predicted octanol–water partition coefficient (Wildman–Crippen LogP) is 2.92. The predicted molar refractivity (Wildman–Crippen MR) is 99.8 cm³/mol. The molecule has 0 aliphatic carbocycles. The second-order valence-corrected chi connectivity index (χ2v) is 7.38. The quantitative estimate of drug-likeness (QED) is 0.873.